The molecule has 4 rings (SSSR count). The van der Waals surface area contributed by atoms with Gasteiger partial charge in [-0.2, -0.15) is 5.26 Å². The smallest absolute Gasteiger partial charge is 0.254 e. The van der Waals surface area contributed by atoms with Crippen LogP contribution in [0.3, 0.4) is 0 Å². The number of aryl methyl sites for hydroxylation is 2. The molecule has 0 spiro atoms. The van der Waals surface area contributed by atoms with Gasteiger partial charge in [-0.15, -0.1) is 6.42 Å². The van der Waals surface area contributed by atoms with Crippen molar-refractivity contribution in [2.24, 2.45) is 0 Å². The van der Waals surface area contributed by atoms with Crippen molar-refractivity contribution in [1.29, 1.82) is 5.26 Å². The maximum absolute atomic E-state index is 13.9. The van der Waals surface area contributed by atoms with E-state index in [1.165, 1.54) is 0 Å². The number of allylic oxidation sites excluding steroid dienone is 3. The van der Waals surface area contributed by atoms with Gasteiger partial charge in [0.05, 0.1) is 22.9 Å². The van der Waals surface area contributed by atoms with Gasteiger partial charge in [0.1, 0.15) is 6.07 Å². The zero-order valence-electron chi connectivity index (χ0n) is 25.5. The van der Waals surface area contributed by atoms with E-state index < -0.39 is 5.60 Å². The number of hydrogen-bond donors (Lipinski definition) is 2. The number of carbonyl (C=O) groups is 1. The molecule has 0 radical (unpaired) electrons. The average molecular weight is 566 g/mol. The molecule has 7 nitrogen and oxygen atoms in total. The summed E-state index contributed by atoms with van der Waals surface area (Å²) in [6.45, 7) is 12.8. The molecule has 2 aliphatic rings. The van der Waals surface area contributed by atoms with Crippen LogP contribution in [0.25, 0.3) is 0 Å². The molecule has 42 heavy (non-hydrogen) atoms. The Balaban J connectivity index is 1.48. The van der Waals surface area contributed by atoms with Crippen LogP contribution in [0.5, 0.6) is 0 Å². The van der Waals surface area contributed by atoms with E-state index in [1.54, 1.807) is 12.2 Å². The number of likely N-dealkylation sites (tertiary alicyclic amines) is 1. The van der Waals surface area contributed by atoms with E-state index in [9.17, 15) is 15.2 Å². The second kappa shape index (κ2) is 13.2. The number of rotatable bonds is 7. The minimum atomic E-state index is -0.991. The zero-order valence-corrected chi connectivity index (χ0v) is 25.5. The van der Waals surface area contributed by atoms with Gasteiger partial charge < -0.3 is 25.1 Å². The number of amides is 1. The third-order valence-corrected chi connectivity index (χ3v) is 8.47. The lowest BCUT2D eigenvalue weighted by atomic mass is 9.93. The summed E-state index contributed by atoms with van der Waals surface area (Å²) in [6, 6.07) is 16.4. The molecule has 1 amide bonds. The van der Waals surface area contributed by atoms with Crippen LogP contribution >= 0.6 is 0 Å². The van der Waals surface area contributed by atoms with Gasteiger partial charge >= 0.3 is 0 Å². The summed E-state index contributed by atoms with van der Waals surface area (Å²) < 4.78 is 0. The van der Waals surface area contributed by atoms with Gasteiger partial charge in [-0.25, -0.2) is 0 Å². The molecule has 2 aromatic carbocycles. The van der Waals surface area contributed by atoms with E-state index in [-0.39, 0.29) is 18.0 Å². The fourth-order valence-electron chi connectivity index (χ4n) is 6.08. The Bertz CT molecular complexity index is 1420. The first-order chi connectivity index (χ1) is 20.1. The largest absolute Gasteiger partial charge is 0.388 e. The van der Waals surface area contributed by atoms with Crippen molar-refractivity contribution in [3.63, 3.8) is 0 Å². The summed E-state index contributed by atoms with van der Waals surface area (Å²) in [5, 5.41) is 24.3. The normalized spacial score (nSPS) is 18.9. The molecule has 7 heteroatoms. The van der Waals surface area contributed by atoms with E-state index in [2.05, 4.69) is 52.2 Å². The van der Waals surface area contributed by atoms with Crippen LogP contribution in [0.1, 0.15) is 55.1 Å². The standard InChI is InChI=1S/C35H43N5O2/c1-7-12-32(27(8-2)23-36)38-17-15-28(16-18-38)37-31-22-30(25(3)21-26(31)4)34(41)39-19-20-40(29-13-10-9-11-14-29)33(24-39)35(5,6)42/h1,8-14,21-22,28,33,37,42H,15-20,24H2,2-6H3/b27-8-,32-12+. The number of aliphatic hydroxyl groups is 1. The van der Waals surface area contributed by atoms with E-state index in [0.29, 0.717) is 30.8 Å². The molecule has 2 heterocycles. The highest BCUT2D eigenvalue weighted by Gasteiger charge is 2.39. The zero-order chi connectivity index (χ0) is 30.4. The minimum Gasteiger partial charge on any atom is -0.388 e. The Labute approximate surface area is 251 Å². The molecule has 1 unspecified atom stereocenters. The Hall–Kier alpha value is -4.20. The summed E-state index contributed by atoms with van der Waals surface area (Å²) >= 11 is 0. The SMILES string of the molecule is C#C/C=C(\C(C#N)=C/C)N1CCC(Nc2cc(C(=O)N3CCN(c4ccccc4)C(C(C)(C)O)C3)c(C)cc2C)CC1. The van der Waals surface area contributed by atoms with Crippen molar-refractivity contribution < 1.29 is 9.90 Å². The van der Waals surface area contributed by atoms with Crippen molar-refractivity contribution >= 4 is 17.3 Å². The van der Waals surface area contributed by atoms with Crippen LogP contribution in [0.2, 0.25) is 0 Å². The Morgan fingerprint density at radius 3 is 2.36 bits per heavy atom. The summed E-state index contributed by atoms with van der Waals surface area (Å²) in [4.78, 5) is 20.2. The summed E-state index contributed by atoms with van der Waals surface area (Å²) in [6.07, 6.45) is 10.8. The molecule has 2 saturated heterocycles. The van der Waals surface area contributed by atoms with Gasteiger partial charge in [-0.1, -0.05) is 36.3 Å². The molecule has 0 aromatic heterocycles. The van der Waals surface area contributed by atoms with Crippen molar-refractivity contribution in [2.75, 3.05) is 42.9 Å². The van der Waals surface area contributed by atoms with E-state index in [0.717, 1.165) is 54.1 Å². The summed E-state index contributed by atoms with van der Waals surface area (Å²) in [5.41, 5.74) is 5.16. The molecule has 0 saturated carbocycles. The molecule has 220 valence electrons. The molecule has 2 aliphatic heterocycles. The average Bonchev–Trinajstić information content (AvgIpc) is 2.98. The molecule has 2 N–H and O–H groups in total. The monoisotopic (exact) mass is 565 g/mol. The van der Waals surface area contributed by atoms with Crippen LogP contribution < -0.4 is 10.2 Å². The maximum atomic E-state index is 13.9. The molecule has 2 aromatic rings. The van der Waals surface area contributed by atoms with Gasteiger partial charge in [-0.05, 0) is 76.8 Å². The van der Waals surface area contributed by atoms with Crippen molar-refractivity contribution in [3.8, 4) is 18.4 Å². The highest BCUT2D eigenvalue weighted by Crippen LogP contribution is 2.30. The summed E-state index contributed by atoms with van der Waals surface area (Å²) in [5.74, 6) is 2.57. The first-order valence-electron chi connectivity index (χ1n) is 14.8. The van der Waals surface area contributed by atoms with E-state index in [4.69, 9.17) is 6.42 Å². The van der Waals surface area contributed by atoms with Crippen LogP contribution in [-0.2, 0) is 0 Å². The number of carbonyl (C=O) groups excluding carboxylic acids is 1. The lowest BCUT2D eigenvalue weighted by molar-refractivity contribution is 0.0227. The molecule has 2 fully saturated rings. The fraction of sp³-hybridized carbons (Fsp3) is 0.429. The number of anilines is 2. The van der Waals surface area contributed by atoms with Gasteiger partial charge in [0, 0.05) is 61.8 Å². The number of nitrogens with one attached hydrogen (secondary N) is 1. The van der Waals surface area contributed by atoms with Gasteiger partial charge in [0.25, 0.3) is 5.91 Å². The minimum absolute atomic E-state index is 0.00761. The van der Waals surface area contributed by atoms with Crippen molar-refractivity contribution in [1.82, 2.24) is 9.80 Å². The first kappa shape index (κ1) is 30.8. The number of hydrogen-bond acceptors (Lipinski definition) is 6. The van der Waals surface area contributed by atoms with E-state index in [1.807, 2.05) is 56.9 Å². The van der Waals surface area contributed by atoms with Crippen molar-refractivity contribution in [2.45, 2.75) is 65.1 Å². The third kappa shape index (κ3) is 6.81. The number of nitrogens with zero attached hydrogens (tertiary/aromatic N) is 4. The second-order valence-corrected chi connectivity index (χ2v) is 11.8. The fourth-order valence-corrected chi connectivity index (χ4v) is 6.08. The highest BCUT2D eigenvalue weighted by molar-refractivity contribution is 5.97. The lowest BCUT2D eigenvalue weighted by Gasteiger charge is -2.47. The number of benzene rings is 2. The number of nitriles is 1. The number of piperazine rings is 1. The lowest BCUT2D eigenvalue weighted by Crippen LogP contribution is -2.62. The molecule has 1 atom stereocenters. The molecule has 0 aliphatic carbocycles. The number of piperidine rings is 1. The Morgan fingerprint density at radius 2 is 1.76 bits per heavy atom. The van der Waals surface area contributed by atoms with Crippen LogP contribution in [0, 0.1) is 37.5 Å². The van der Waals surface area contributed by atoms with Crippen LogP contribution in [-0.4, -0.2) is 71.2 Å². The Kier molecular flexibility index (Phi) is 9.66. The van der Waals surface area contributed by atoms with Crippen molar-refractivity contribution in [3.05, 3.63) is 82.6 Å². The second-order valence-electron chi connectivity index (χ2n) is 11.8. The van der Waals surface area contributed by atoms with Crippen LogP contribution in [0.4, 0.5) is 11.4 Å². The quantitative estimate of drug-likeness (QED) is 0.271. The van der Waals surface area contributed by atoms with Gasteiger partial charge in [0.15, 0.2) is 0 Å². The predicted octanol–water partition coefficient (Wildman–Crippen LogP) is 5.27. The summed E-state index contributed by atoms with van der Waals surface area (Å²) in [7, 11) is 0. The van der Waals surface area contributed by atoms with Gasteiger partial charge in [-0.3, -0.25) is 4.79 Å². The van der Waals surface area contributed by atoms with Gasteiger partial charge in [0.2, 0.25) is 0 Å². The van der Waals surface area contributed by atoms with Crippen LogP contribution in [0.15, 0.2) is 65.9 Å². The number of terminal acetylenes is 1. The maximum Gasteiger partial charge on any atom is 0.254 e. The third-order valence-electron chi connectivity index (χ3n) is 8.47. The number of para-hydroxylation sites is 1. The molecular formula is C35H43N5O2. The topological polar surface area (TPSA) is 82.8 Å². The first-order valence-corrected chi connectivity index (χ1v) is 14.8. The molecule has 0 bridgehead atoms. The van der Waals surface area contributed by atoms with E-state index >= 15 is 0 Å². The Morgan fingerprint density at radius 1 is 1.07 bits per heavy atom. The molecular weight excluding hydrogens is 522 g/mol. The highest BCUT2D eigenvalue weighted by atomic mass is 16.3. The predicted molar refractivity (Wildman–Crippen MR) is 170 cm³/mol.